The molecule has 5 rings (SSSR count). The number of hydrazone groups is 1. The fourth-order valence-electron chi connectivity index (χ4n) is 4.87. The van der Waals surface area contributed by atoms with E-state index in [-0.39, 0.29) is 11.9 Å². The van der Waals surface area contributed by atoms with Gasteiger partial charge in [0.2, 0.25) is 5.91 Å². The Hall–Kier alpha value is -3.50. The third-order valence-corrected chi connectivity index (χ3v) is 6.73. The highest BCUT2D eigenvalue weighted by atomic mass is 35.5. The zero-order valence-corrected chi connectivity index (χ0v) is 20.3. The van der Waals surface area contributed by atoms with E-state index < -0.39 is 0 Å². The second-order valence-electron chi connectivity index (χ2n) is 8.69. The molecular weight excluding hydrogens is 442 g/mol. The van der Waals surface area contributed by atoms with Crippen LogP contribution in [-0.2, 0) is 4.79 Å². The van der Waals surface area contributed by atoms with Crippen LogP contribution in [0.4, 0.5) is 0 Å². The Morgan fingerprint density at radius 2 is 1.74 bits per heavy atom. The zero-order chi connectivity index (χ0) is 23.8. The van der Waals surface area contributed by atoms with Crippen LogP contribution in [-0.4, -0.2) is 21.6 Å². The van der Waals surface area contributed by atoms with Gasteiger partial charge in [0.15, 0.2) is 0 Å². The van der Waals surface area contributed by atoms with E-state index in [1.165, 1.54) is 0 Å². The number of nitrogens with zero attached hydrogens (tertiary/aromatic N) is 3. The first-order valence-corrected chi connectivity index (χ1v) is 12.0. The minimum atomic E-state index is -0.137. The van der Waals surface area contributed by atoms with Crippen molar-refractivity contribution >= 4 is 34.1 Å². The molecule has 1 aromatic heterocycles. The predicted molar refractivity (Wildman–Crippen MR) is 139 cm³/mol. The summed E-state index contributed by atoms with van der Waals surface area (Å²) in [5.41, 5.74) is 8.04. The lowest BCUT2D eigenvalue weighted by molar-refractivity contribution is -0.132. The van der Waals surface area contributed by atoms with Gasteiger partial charge in [-0.3, -0.25) is 9.78 Å². The first kappa shape index (κ1) is 22.3. The van der Waals surface area contributed by atoms with E-state index in [2.05, 4.69) is 31.2 Å². The number of amides is 1. The topological polar surface area (TPSA) is 45.6 Å². The van der Waals surface area contributed by atoms with Crippen molar-refractivity contribution in [1.29, 1.82) is 0 Å². The number of carbonyl (C=O) groups is 1. The Balaban J connectivity index is 1.75. The number of rotatable bonds is 4. The molecule has 4 nitrogen and oxygen atoms in total. The summed E-state index contributed by atoms with van der Waals surface area (Å²) in [6.45, 7) is 5.98. The van der Waals surface area contributed by atoms with E-state index >= 15 is 0 Å². The Bertz CT molecular complexity index is 1430. The first-order valence-electron chi connectivity index (χ1n) is 11.6. The maximum atomic E-state index is 13.0. The molecule has 0 radical (unpaired) electrons. The van der Waals surface area contributed by atoms with E-state index in [0.29, 0.717) is 17.9 Å². The number of pyridine rings is 1. The predicted octanol–water partition coefficient (Wildman–Crippen LogP) is 7.26. The molecule has 0 N–H and O–H groups in total. The summed E-state index contributed by atoms with van der Waals surface area (Å²) < 4.78 is 0. The van der Waals surface area contributed by atoms with Crippen LogP contribution in [0.5, 0.6) is 0 Å². The van der Waals surface area contributed by atoms with E-state index in [4.69, 9.17) is 21.7 Å². The summed E-state index contributed by atoms with van der Waals surface area (Å²) in [6, 6.07) is 24.2. The van der Waals surface area contributed by atoms with Gasteiger partial charge in [-0.05, 0) is 48.7 Å². The molecule has 0 spiro atoms. The molecule has 1 aliphatic rings. The summed E-state index contributed by atoms with van der Waals surface area (Å²) in [6.07, 6.45) is 1.03. The van der Waals surface area contributed by atoms with Gasteiger partial charge in [-0.15, -0.1) is 0 Å². The molecule has 5 heteroatoms. The highest BCUT2D eigenvalue weighted by molar-refractivity contribution is 6.31. The molecule has 1 aliphatic heterocycles. The molecule has 1 atom stereocenters. The van der Waals surface area contributed by atoms with E-state index in [1.54, 1.807) is 5.01 Å². The number of aromatic nitrogens is 1. The number of hydrogen-bond donors (Lipinski definition) is 0. The van der Waals surface area contributed by atoms with Crippen molar-refractivity contribution in [1.82, 2.24) is 9.99 Å². The second kappa shape index (κ2) is 9.03. The van der Waals surface area contributed by atoms with Gasteiger partial charge < -0.3 is 0 Å². The number of aryl methyl sites for hydroxylation is 2. The Labute approximate surface area is 204 Å². The molecule has 0 saturated carbocycles. The van der Waals surface area contributed by atoms with Crippen LogP contribution in [0.1, 0.15) is 48.2 Å². The molecule has 170 valence electrons. The van der Waals surface area contributed by atoms with Crippen molar-refractivity contribution in [3.8, 4) is 11.1 Å². The van der Waals surface area contributed by atoms with Gasteiger partial charge in [0, 0.05) is 40.1 Å². The van der Waals surface area contributed by atoms with Crippen LogP contribution in [0.2, 0.25) is 5.02 Å². The molecule has 0 fully saturated rings. The highest BCUT2D eigenvalue weighted by Crippen LogP contribution is 2.40. The fourth-order valence-corrected chi connectivity index (χ4v) is 5.04. The molecule has 4 aromatic rings. The Kier molecular flexibility index (Phi) is 5.93. The zero-order valence-electron chi connectivity index (χ0n) is 19.5. The standard InChI is InChI=1S/C29H26ClN3O/c1-4-27(34)33-26(22-13-9-8-10-18(22)2)17-25(32-33)28-19(3)31-24-15-14-21(30)16-23(24)29(28)20-11-6-5-7-12-20/h5-16,26H,4,17H2,1-3H3/t26-/m0/s1. The summed E-state index contributed by atoms with van der Waals surface area (Å²) >= 11 is 6.42. The Morgan fingerprint density at radius 1 is 1.00 bits per heavy atom. The first-order chi connectivity index (χ1) is 16.5. The quantitative estimate of drug-likeness (QED) is 0.317. The maximum absolute atomic E-state index is 13.0. The van der Waals surface area contributed by atoms with Crippen LogP contribution in [0.15, 0.2) is 77.9 Å². The fraction of sp³-hybridized carbons (Fsp3) is 0.207. The average Bonchev–Trinajstić information content (AvgIpc) is 3.28. The van der Waals surface area contributed by atoms with Crippen molar-refractivity contribution in [3.05, 3.63) is 100 Å². The van der Waals surface area contributed by atoms with Crippen molar-refractivity contribution in [3.63, 3.8) is 0 Å². The minimum Gasteiger partial charge on any atom is -0.273 e. The highest BCUT2D eigenvalue weighted by Gasteiger charge is 2.35. The Morgan fingerprint density at radius 3 is 2.47 bits per heavy atom. The van der Waals surface area contributed by atoms with Crippen molar-refractivity contribution < 1.29 is 4.79 Å². The molecule has 2 heterocycles. The summed E-state index contributed by atoms with van der Waals surface area (Å²) in [5, 5.41) is 8.25. The molecule has 3 aromatic carbocycles. The van der Waals surface area contributed by atoms with Gasteiger partial charge in [-0.2, -0.15) is 5.10 Å². The van der Waals surface area contributed by atoms with Crippen LogP contribution < -0.4 is 0 Å². The molecule has 0 aliphatic carbocycles. The third kappa shape index (κ3) is 3.88. The lowest BCUT2D eigenvalue weighted by Gasteiger charge is -2.23. The van der Waals surface area contributed by atoms with Gasteiger partial charge in [-0.1, -0.05) is 73.1 Å². The van der Waals surface area contributed by atoms with Gasteiger partial charge in [0.05, 0.1) is 17.3 Å². The number of hydrogen-bond acceptors (Lipinski definition) is 3. The second-order valence-corrected chi connectivity index (χ2v) is 9.13. The van der Waals surface area contributed by atoms with E-state index in [9.17, 15) is 4.79 Å². The molecule has 1 amide bonds. The summed E-state index contributed by atoms with van der Waals surface area (Å²) in [5.74, 6) is 0.0129. The number of fused-ring (bicyclic) bond motifs is 1. The van der Waals surface area contributed by atoms with Gasteiger partial charge in [0.25, 0.3) is 0 Å². The van der Waals surface area contributed by atoms with Crippen LogP contribution >= 0.6 is 11.6 Å². The van der Waals surface area contributed by atoms with E-state index in [1.807, 2.05) is 62.4 Å². The van der Waals surface area contributed by atoms with Crippen molar-refractivity contribution in [2.24, 2.45) is 5.10 Å². The minimum absolute atomic E-state index is 0.0129. The SMILES string of the molecule is CCC(=O)N1N=C(c2c(C)nc3ccc(Cl)cc3c2-c2ccccc2)C[C@H]1c1ccccc1C. The van der Waals surface area contributed by atoms with Crippen molar-refractivity contribution in [2.75, 3.05) is 0 Å². The smallest absolute Gasteiger partial charge is 0.242 e. The number of halogens is 1. The average molecular weight is 468 g/mol. The van der Waals surface area contributed by atoms with Gasteiger partial charge in [0.1, 0.15) is 0 Å². The summed E-state index contributed by atoms with van der Waals surface area (Å²) in [7, 11) is 0. The van der Waals surface area contributed by atoms with Crippen LogP contribution in [0.3, 0.4) is 0 Å². The normalized spacial score (nSPS) is 15.6. The number of benzene rings is 3. The summed E-state index contributed by atoms with van der Waals surface area (Å²) in [4.78, 5) is 17.9. The van der Waals surface area contributed by atoms with E-state index in [0.717, 1.165) is 50.1 Å². The molecular formula is C29H26ClN3O. The van der Waals surface area contributed by atoms with Crippen LogP contribution in [0.25, 0.3) is 22.0 Å². The lowest BCUT2D eigenvalue weighted by Crippen LogP contribution is -2.26. The molecule has 0 unspecified atom stereocenters. The lowest BCUT2D eigenvalue weighted by atomic mass is 9.88. The largest absolute Gasteiger partial charge is 0.273 e. The van der Waals surface area contributed by atoms with Crippen LogP contribution in [0, 0.1) is 13.8 Å². The number of carbonyl (C=O) groups excluding carboxylic acids is 1. The van der Waals surface area contributed by atoms with Gasteiger partial charge in [-0.25, -0.2) is 5.01 Å². The maximum Gasteiger partial charge on any atom is 0.242 e. The molecule has 0 bridgehead atoms. The third-order valence-electron chi connectivity index (χ3n) is 6.49. The monoisotopic (exact) mass is 467 g/mol. The molecule has 34 heavy (non-hydrogen) atoms. The molecule has 0 saturated heterocycles. The van der Waals surface area contributed by atoms with Gasteiger partial charge >= 0.3 is 0 Å². The van der Waals surface area contributed by atoms with Crippen molar-refractivity contribution in [2.45, 2.75) is 39.7 Å².